The van der Waals surface area contributed by atoms with Gasteiger partial charge in [0.15, 0.2) is 0 Å². The molecule has 3 aromatic rings. The monoisotopic (exact) mass is 389 g/mol. The van der Waals surface area contributed by atoms with Crippen LogP contribution in [0.1, 0.15) is 37.0 Å². The van der Waals surface area contributed by atoms with E-state index in [0.29, 0.717) is 18.7 Å². The van der Waals surface area contributed by atoms with Gasteiger partial charge in [0.25, 0.3) is 5.91 Å². The lowest BCUT2D eigenvalue weighted by Gasteiger charge is -2.22. The molecule has 0 radical (unpaired) electrons. The minimum Gasteiger partial charge on any atom is -0.355 e. The number of amides is 2. The second-order valence-corrected chi connectivity index (χ2v) is 7.01. The molecular formula is C24H27N3O2. The molecule has 0 saturated carbocycles. The number of aromatic nitrogens is 1. The van der Waals surface area contributed by atoms with Gasteiger partial charge in [-0.3, -0.25) is 9.59 Å². The molecule has 0 bridgehead atoms. The van der Waals surface area contributed by atoms with Crippen molar-refractivity contribution in [1.29, 1.82) is 0 Å². The molecule has 5 nitrogen and oxygen atoms in total. The van der Waals surface area contributed by atoms with E-state index in [1.54, 1.807) is 4.90 Å². The highest BCUT2D eigenvalue weighted by atomic mass is 16.2. The minimum atomic E-state index is -0.144. The maximum atomic E-state index is 13.5. The number of pyridine rings is 1. The molecule has 5 heteroatoms. The molecule has 0 saturated heterocycles. The number of para-hydroxylation sites is 1. The molecule has 0 unspecified atom stereocenters. The van der Waals surface area contributed by atoms with E-state index in [4.69, 9.17) is 4.98 Å². The van der Waals surface area contributed by atoms with Crippen LogP contribution in [0.15, 0.2) is 60.7 Å². The normalized spacial score (nSPS) is 10.7. The summed E-state index contributed by atoms with van der Waals surface area (Å²) in [6, 6.07) is 19.3. The fraction of sp³-hybridized carbons (Fsp3) is 0.292. The molecular weight excluding hydrogens is 362 g/mol. The Labute approximate surface area is 171 Å². The van der Waals surface area contributed by atoms with E-state index < -0.39 is 0 Å². The quantitative estimate of drug-likeness (QED) is 0.625. The predicted molar refractivity (Wildman–Crippen MR) is 117 cm³/mol. The molecule has 29 heavy (non-hydrogen) atoms. The molecule has 0 atom stereocenters. The number of nitrogens with zero attached hydrogens (tertiary/aromatic N) is 2. The molecule has 0 spiro atoms. The predicted octanol–water partition coefficient (Wildman–Crippen LogP) is 4.28. The fourth-order valence-corrected chi connectivity index (χ4v) is 3.30. The van der Waals surface area contributed by atoms with Crippen LogP contribution in [0.25, 0.3) is 22.2 Å². The van der Waals surface area contributed by atoms with Crippen LogP contribution in [-0.4, -0.2) is 41.3 Å². The summed E-state index contributed by atoms with van der Waals surface area (Å²) < 4.78 is 0. The number of hydrogen-bond acceptors (Lipinski definition) is 3. The first-order valence-electron chi connectivity index (χ1n) is 10.1. The molecule has 150 valence electrons. The Kier molecular flexibility index (Phi) is 6.95. The summed E-state index contributed by atoms with van der Waals surface area (Å²) in [5, 5.41) is 3.66. The number of benzene rings is 2. The van der Waals surface area contributed by atoms with Crippen LogP contribution in [0, 0.1) is 0 Å². The molecule has 1 aromatic heterocycles. The number of rotatable bonds is 8. The van der Waals surface area contributed by atoms with Crippen LogP contribution in [0.5, 0.6) is 0 Å². The van der Waals surface area contributed by atoms with Crippen molar-refractivity contribution in [3.8, 4) is 11.3 Å². The lowest BCUT2D eigenvalue weighted by Crippen LogP contribution is -2.41. The summed E-state index contributed by atoms with van der Waals surface area (Å²) in [7, 11) is 0. The van der Waals surface area contributed by atoms with Gasteiger partial charge < -0.3 is 10.2 Å². The second-order valence-electron chi connectivity index (χ2n) is 7.01. The summed E-state index contributed by atoms with van der Waals surface area (Å²) in [4.78, 5) is 32.1. The van der Waals surface area contributed by atoms with Crippen LogP contribution < -0.4 is 5.32 Å². The highest BCUT2D eigenvalue weighted by molar-refractivity contribution is 6.08. The number of hydrogen-bond donors (Lipinski definition) is 1. The van der Waals surface area contributed by atoms with Crippen molar-refractivity contribution in [2.75, 3.05) is 19.6 Å². The van der Waals surface area contributed by atoms with Crippen LogP contribution >= 0.6 is 0 Å². The van der Waals surface area contributed by atoms with Gasteiger partial charge in [0, 0.05) is 24.0 Å². The van der Waals surface area contributed by atoms with Gasteiger partial charge in [-0.15, -0.1) is 0 Å². The van der Waals surface area contributed by atoms with Crippen LogP contribution in [-0.2, 0) is 4.79 Å². The number of carbonyl (C=O) groups is 2. The van der Waals surface area contributed by atoms with Crippen LogP contribution in [0.3, 0.4) is 0 Å². The molecule has 1 heterocycles. The SMILES string of the molecule is CCCNC(=O)CN(CCC)C(=O)c1cc(-c2ccccc2)nc2ccccc12. The third-order valence-electron chi connectivity index (χ3n) is 4.70. The summed E-state index contributed by atoms with van der Waals surface area (Å²) in [6.07, 6.45) is 1.64. The largest absolute Gasteiger partial charge is 0.355 e. The zero-order chi connectivity index (χ0) is 20.6. The lowest BCUT2D eigenvalue weighted by molar-refractivity contribution is -0.121. The van der Waals surface area contributed by atoms with Gasteiger partial charge in [-0.25, -0.2) is 4.98 Å². The fourth-order valence-electron chi connectivity index (χ4n) is 3.30. The maximum Gasteiger partial charge on any atom is 0.255 e. The summed E-state index contributed by atoms with van der Waals surface area (Å²) >= 11 is 0. The van der Waals surface area contributed by atoms with Gasteiger partial charge in [-0.2, -0.15) is 0 Å². The molecule has 1 N–H and O–H groups in total. The van der Waals surface area contributed by atoms with Gasteiger partial charge in [0.2, 0.25) is 5.91 Å². The van der Waals surface area contributed by atoms with Crippen molar-refractivity contribution in [3.63, 3.8) is 0 Å². The Morgan fingerprint density at radius 3 is 2.41 bits per heavy atom. The van der Waals surface area contributed by atoms with Crippen molar-refractivity contribution in [1.82, 2.24) is 15.2 Å². The van der Waals surface area contributed by atoms with Crippen molar-refractivity contribution in [2.24, 2.45) is 0 Å². The molecule has 2 amide bonds. The topological polar surface area (TPSA) is 62.3 Å². The highest BCUT2D eigenvalue weighted by Crippen LogP contribution is 2.25. The summed E-state index contributed by atoms with van der Waals surface area (Å²) in [5.74, 6) is -0.274. The third-order valence-corrected chi connectivity index (χ3v) is 4.70. The van der Waals surface area contributed by atoms with Crippen LogP contribution in [0.2, 0.25) is 0 Å². The van der Waals surface area contributed by atoms with Gasteiger partial charge in [0.1, 0.15) is 0 Å². The van der Waals surface area contributed by atoms with E-state index in [0.717, 1.165) is 35.0 Å². The first-order valence-corrected chi connectivity index (χ1v) is 10.1. The van der Waals surface area contributed by atoms with E-state index in [2.05, 4.69) is 5.32 Å². The molecule has 0 aliphatic heterocycles. The first kappa shape index (κ1) is 20.5. The first-order chi connectivity index (χ1) is 14.1. The van der Waals surface area contributed by atoms with E-state index in [1.807, 2.05) is 74.5 Å². The average molecular weight is 389 g/mol. The molecule has 0 aliphatic carbocycles. The molecule has 0 fully saturated rings. The Bertz CT molecular complexity index is 986. The van der Waals surface area contributed by atoms with E-state index >= 15 is 0 Å². The van der Waals surface area contributed by atoms with Gasteiger partial charge >= 0.3 is 0 Å². The Hall–Kier alpha value is -3.21. The molecule has 3 rings (SSSR count). The van der Waals surface area contributed by atoms with E-state index in [9.17, 15) is 9.59 Å². The van der Waals surface area contributed by atoms with Crippen molar-refractivity contribution >= 4 is 22.7 Å². The Balaban J connectivity index is 2.01. The van der Waals surface area contributed by atoms with Crippen LogP contribution in [0.4, 0.5) is 0 Å². The van der Waals surface area contributed by atoms with Gasteiger partial charge in [-0.1, -0.05) is 62.4 Å². The summed E-state index contributed by atoms with van der Waals surface area (Å²) in [5.41, 5.74) is 3.05. The number of fused-ring (bicyclic) bond motifs is 1. The number of carbonyl (C=O) groups excluding carboxylic acids is 2. The second kappa shape index (κ2) is 9.82. The number of nitrogens with one attached hydrogen (secondary N) is 1. The van der Waals surface area contributed by atoms with E-state index in [-0.39, 0.29) is 18.4 Å². The highest BCUT2D eigenvalue weighted by Gasteiger charge is 2.21. The zero-order valence-electron chi connectivity index (χ0n) is 17.0. The van der Waals surface area contributed by atoms with Gasteiger partial charge in [-0.05, 0) is 25.0 Å². The van der Waals surface area contributed by atoms with Crippen molar-refractivity contribution in [3.05, 3.63) is 66.2 Å². The Morgan fingerprint density at radius 2 is 1.69 bits per heavy atom. The van der Waals surface area contributed by atoms with E-state index in [1.165, 1.54) is 0 Å². The molecule has 0 aliphatic rings. The van der Waals surface area contributed by atoms with Crippen molar-refractivity contribution in [2.45, 2.75) is 26.7 Å². The molecule has 2 aromatic carbocycles. The van der Waals surface area contributed by atoms with Gasteiger partial charge in [0.05, 0.1) is 23.3 Å². The summed E-state index contributed by atoms with van der Waals surface area (Å²) in [6.45, 7) is 5.21. The average Bonchev–Trinajstić information content (AvgIpc) is 2.76. The van der Waals surface area contributed by atoms with Crippen molar-refractivity contribution < 1.29 is 9.59 Å². The maximum absolute atomic E-state index is 13.5. The lowest BCUT2D eigenvalue weighted by atomic mass is 10.0. The Morgan fingerprint density at radius 1 is 0.966 bits per heavy atom. The smallest absolute Gasteiger partial charge is 0.255 e. The standard InChI is InChI=1S/C24H27N3O2/c1-3-14-25-23(28)17-27(15-4-2)24(29)20-16-22(18-10-6-5-7-11-18)26-21-13-9-8-12-19(20)21/h5-13,16H,3-4,14-15,17H2,1-2H3,(H,25,28). The minimum absolute atomic E-state index is 0.0595. The third kappa shape index (κ3) is 4.99. The zero-order valence-corrected chi connectivity index (χ0v) is 17.0.